The molecule has 0 aliphatic heterocycles. The number of nitriles is 1. The highest BCUT2D eigenvalue weighted by molar-refractivity contribution is 5.95. The largest absolute Gasteiger partial charge is 0.335 e. The minimum atomic E-state index is 0.0256. The molecule has 5 nitrogen and oxygen atoms in total. The lowest BCUT2D eigenvalue weighted by atomic mass is 10.2. The summed E-state index contributed by atoms with van der Waals surface area (Å²) in [5.74, 6) is 0.0256. The van der Waals surface area contributed by atoms with Crippen LogP contribution in [0.15, 0.2) is 6.20 Å². The Balaban J connectivity index is 2.19. The molecule has 18 heavy (non-hydrogen) atoms. The standard InChI is InChI=1S/C13H18N4O/c1-3-12-11(9-16(2)15-12)13(18)17(8-4-7-14)10-5-6-10/h9-10H,3-6,8H2,1-2H3. The number of aryl methyl sites for hydroxylation is 2. The normalized spacial score (nSPS) is 14.3. The number of nitrogens with zero attached hydrogens (tertiary/aromatic N) is 4. The van der Waals surface area contributed by atoms with Crippen molar-refractivity contribution in [2.75, 3.05) is 6.54 Å². The molecule has 96 valence electrons. The molecule has 1 aromatic heterocycles. The second-order valence-corrected chi connectivity index (χ2v) is 4.65. The summed E-state index contributed by atoms with van der Waals surface area (Å²) in [6.07, 6.45) is 5.03. The van der Waals surface area contributed by atoms with Crippen LogP contribution >= 0.6 is 0 Å². The van der Waals surface area contributed by atoms with Gasteiger partial charge in [-0.1, -0.05) is 6.92 Å². The first-order chi connectivity index (χ1) is 8.67. The molecule has 0 saturated heterocycles. The van der Waals surface area contributed by atoms with Crippen LogP contribution in [0, 0.1) is 11.3 Å². The van der Waals surface area contributed by atoms with Gasteiger partial charge in [-0.05, 0) is 19.3 Å². The fourth-order valence-electron chi connectivity index (χ4n) is 2.14. The quantitative estimate of drug-likeness (QED) is 0.791. The number of aromatic nitrogens is 2. The topological polar surface area (TPSA) is 61.9 Å². The van der Waals surface area contributed by atoms with Gasteiger partial charge in [-0.3, -0.25) is 9.48 Å². The number of carbonyl (C=O) groups excluding carboxylic acids is 1. The Morgan fingerprint density at radius 2 is 2.39 bits per heavy atom. The molecule has 0 bridgehead atoms. The predicted octanol–water partition coefficient (Wildman–Crippen LogP) is 1.50. The number of hydrogen-bond acceptors (Lipinski definition) is 3. The maximum Gasteiger partial charge on any atom is 0.257 e. The smallest absolute Gasteiger partial charge is 0.257 e. The van der Waals surface area contributed by atoms with Crippen molar-refractivity contribution < 1.29 is 4.79 Å². The number of rotatable bonds is 5. The molecule has 0 unspecified atom stereocenters. The van der Waals surface area contributed by atoms with Crippen LogP contribution in [0.5, 0.6) is 0 Å². The average Bonchev–Trinajstić information content (AvgIpc) is 3.12. The van der Waals surface area contributed by atoms with Crippen molar-refractivity contribution in [3.8, 4) is 6.07 Å². The average molecular weight is 246 g/mol. The summed E-state index contributed by atoms with van der Waals surface area (Å²) in [4.78, 5) is 14.3. The van der Waals surface area contributed by atoms with Crippen molar-refractivity contribution in [3.63, 3.8) is 0 Å². The molecule has 5 heteroatoms. The molecule has 1 saturated carbocycles. The van der Waals surface area contributed by atoms with Crippen LogP contribution in [-0.2, 0) is 13.5 Å². The maximum absolute atomic E-state index is 12.5. The van der Waals surface area contributed by atoms with Gasteiger partial charge in [0.25, 0.3) is 5.91 Å². The second-order valence-electron chi connectivity index (χ2n) is 4.65. The van der Waals surface area contributed by atoms with E-state index in [0.717, 1.165) is 25.0 Å². The van der Waals surface area contributed by atoms with Crippen LogP contribution in [0.4, 0.5) is 0 Å². The molecular formula is C13H18N4O. The SMILES string of the molecule is CCc1nn(C)cc1C(=O)N(CCC#N)C1CC1. The van der Waals surface area contributed by atoms with Gasteiger partial charge >= 0.3 is 0 Å². The third-order valence-electron chi connectivity index (χ3n) is 3.18. The van der Waals surface area contributed by atoms with E-state index in [2.05, 4.69) is 11.2 Å². The van der Waals surface area contributed by atoms with Crippen LogP contribution in [0.25, 0.3) is 0 Å². The van der Waals surface area contributed by atoms with Crippen molar-refractivity contribution in [1.29, 1.82) is 5.26 Å². The van der Waals surface area contributed by atoms with Gasteiger partial charge in [0.2, 0.25) is 0 Å². The summed E-state index contributed by atoms with van der Waals surface area (Å²) in [7, 11) is 1.83. The molecule has 0 radical (unpaired) electrons. The van der Waals surface area contributed by atoms with Crippen LogP contribution in [-0.4, -0.2) is 33.2 Å². The molecule has 0 atom stereocenters. The first-order valence-electron chi connectivity index (χ1n) is 6.37. The minimum absolute atomic E-state index is 0.0256. The molecular weight excluding hydrogens is 228 g/mol. The van der Waals surface area contributed by atoms with E-state index in [1.807, 2.05) is 18.9 Å². The number of hydrogen-bond donors (Lipinski definition) is 0. The molecule has 1 aliphatic carbocycles. The van der Waals surface area contributed by atoms with Gasteiger partial charge in [0.15, 0.2) is 0 Å². The zero-order valence-corrected chi connectivity index (χ0v) is 10.9. The van der Waals surface area contributed by atoms with E-state index in [1.54, 1.807) is 10.9 Å². The maximum atomic E-state index is 12.5. The Bertz CT molecular complexity index is 482. The lowest BCUT2D eigenvalue weighted by Gasteiger charge is -2.20. The van der Waals surface area contributed by atoms with Crippen molar-refractivity contribution in [2.24, 2.45) is 7.05 Å². The highest BCUT2D eigenvalue weighted by Crippen LogP contribution is 2.28. The number of amides is 1. The lowest BCUT2D eigenvalue weighted by molar-refractivity contribution is 0.0745. The van der Waals surface area contributed by atoms with Gasteiger partial charge in [-0.25, -0.2) is 0 Å². The Hall–Kier alpha value is -1.83. The van der Waals surface area contributed by atoms with Gasteiger partial charge in [-0.15, -0.1) is 0 Å². The summed E-state index contributed by atoms with van der Waals surface area (Å²) in [5, 5.41) is 13.0. The zero-order valence-electron chi connectivity index (χ0n) is 10.9. The monoisotopic (exact) mass is 246 g/mol. The van der Waals surface area contributed by atoms with Gasteiger partial charge in [-0.2, -0.15) is 10.4 Å². The first kappa shape index (κ1) is 12.6. The third-order valence-corrected chi connectivity index (χ3v) is 3.18. The lowest BCUT2D eigenvalue weighted by Crippen LogP contribution is -2.34. The third kappa shape index (κ3) is 2.53. The molecule has 1 heterocycles. The Labute approximate surface area is 107 Å². The van der Waals surface area contributed by atoms with E-state index in [0.29, 0.717) is 24.6 Å². The van der Waals surface area contributed by atoms with E-state index in [-0.39, 0.29) is 5.91 Å². The van der Waals surface area contributed by atoms with E-state index < -0.39 is 0 Å². The van der Waals surface area contributed by atoms with Gasteiger partial charge in [0.05, 0.1) is 23.7 Å². The van der Waals surface area contributed by atoms with Crippen molar-refractivity contribution >= 4 is 5.91 Å². The number of carbonyl (C=O) groups is 1. The summed E-state index contributed by atoms with van der Waals surface area (Å²) in [5.41, 5.74) is 1.52. The molecule has 0 aromatic carbocycles. The first-order valence-corrected chi connectivity index (χ1v) is 6.37. The van der Waals surface area contributed by atoms with Gasteiger partial charge in [0, 0.05) is 25.8 Å². The highest BCUT2D eigenvalue weighted by atomic mass is 16.2. The Morgan fingerprint density at radius 3 is 2.94 bits per heavy atom. The molecule has 0 spiro atoms. The predicted molar refractivity (Wildman–Crippen MR) is 66.9 cm³/mol. The van der Waals surface area contributed by atoms with Gasteiger partial charge in [0.1, 0.15) is 0 Å². The van der Waals surface area contributed by atoms with E-state index in [4.69, 9.17) is 5.26 Å². The van der Waals surface area contributed by atoms with Crippen LogP contribution in [0.2, 0.25) is 0 Å². The van der Waals surface area contributed by atoms with Crippen LogP contribution < -0.4 is 0 Å². The molecule has 1 aromatic rings. The molecule has 0 N–H and O–H groups in total. The summed E-state index contributed by atoms with van der Waals surface area (Å²) >= 11 is 0. The van der Waals surface area contributed by atoms with Crippen LogP contribution in [0.1, 0.15) is 42.2 Å². The van der Waals surface area contributed by atoms with E-state index in [9.17, 15) is 4.79 Å². The Kier molecular flexibility index (Phi) is 3.66. The molecule has 2 rings (SSSR count). The van der Waals surface area contributed by atoms with E-state index >= 15 is 0 Å². The van der Waals surface area contributed by atoms with Crippen molar-refractivity contribution in [2.45, 2.75) is 38.6 Å². The van der Waals surface area contributed by atoms with Crippen molar-refractivity contribution in [1.82, 2.24) is 14.7 Å². The van der Waals surface area contributed by atoms with Gasteiger partial charge < -0.3 is 4.90 Å². The summed E-state index contributed by atoms with van der Waals surface area (Å²) in [6.45, 7) is 2.52. The zero-order chi connectivity index (χ0) is 13.1. The molecule has 1 amide bonds. The summed E-state index contributed by atoms with van der Waals surface area (Å²) < 4.78 is 1.68. The highest BCUT2D eigenvalue weighted by Gasteiger charge is 2.33. The fraction of sp³-hybridized carbons (Fsp3) is 0.615. The Morgan fingerprint density at radius 1 is 1.67 bits per heavy atom. The molecule has 1 fully saturated rings. The van der Waals surface area contributed by atoms with E-state index in [1.165, 1.54) is 0 Å². The summed E-state index contributed by atoms with van der Waals surface area (Å²) in [6, 6.07) is 2.44. The second kappa shape index (κ2) is 5.21. The fourth-order valence-corrected chi connectivity index (χ4v) is 2.14. The van der Waals surface area contributed by atoms with Crippen LogP contribution in [0.3, 0.4) is 0 Å². The minimum Gasteiger partial charge on any atom is -0.335 e. The molecule has 1 aliphatic rings. The van der Waals surface area contributed by atoms with Crippen molar-refractivity contribution in [3.05, 3.63) is 17.5 Å².